The number of halogens is 2. The molecule has 2 heterocycles. The Morgan fingerprint density at radius 1 is 1.00 bits per heavy atom. The smallest absolute Gasteiger partial charge is 0.328 e. The molecule has 0 spiro atoms. The number of benzene rings is 3. The lowest BCUT2D eigenvalue weighted by Gasteiger charge is -2.20. The third-order valence-electron chi connectivity index (χ3n) is 6.10. The highest BCUT2D eigenvalue weighted by atomic mass is 79.9. The lowest BCUT2D eigenvalue weighted by Crippen LogP contribution is -2.25. The molecule has 1 amide bonds. The van der Waals surface area contributed by atoms with Crippen molar-refractivity contribution in [3.8, 4) is 11.1 Å². The molecule has 3 aromatic carbocycles. The number of amides is 1. The van der Waals surface area contributed by atoms with Crippen LogP contribution in [0.25, 0.3) is 22.0 Å². The fourth-order valence-electron chi connectivity index (χ4n) is 4.46. The summed E-state index contributed by atoms with van der Waals surface area (Å²) in [5.41, 5.74) is 3.40. The Morgan fingerprint density at radius 3 is 2.41 bits per heavy atom. The summed E-state index contributed by atoms with van der Waals surface area (Å²) in [7, 11) is 0. The number of aromatic nitrogens is 1. The number of carbonyl (C=O) groups is 2. The van der Waals surface area contributed by atoms with Gasteiger partial charge in [-0.05, 0) is 41.5 Å². The van der Waals surface area contributed by atoms with Crippen molar-refractivity contribution >= 4 is 56.0 Å². The summed E-state index contributed by atoms with van der Waals surface area (Å²) < 4.78 is 0.898. The second-order valence-electron chi connectivity index (χ2n) is 8.43. The standard InChI is InChI=1S/C28H19BrClN3O4/c29-18-9-5-17(6-10-18)26-20-3-1-2-4-21(20)31-28(37)27(26)22-15-23(16-7-11-19(30)12-8-16)33(32-22)24(34)13-14-25(35)36/h1-14,23H,15H2,(H,31,37)(H,35,36)/b14-13+/t23-/m0/s1. The summed E-state index contributed by atoms with van der Waals surface area (Å²) >= 11 is 9.53. The van der Waals surface area contributed by atoms with Gasteiger partial charge in [-0.15, -0.1) is 0 Å². The van der Waals surface area contributed by atoms with Gasteiger partial charge in [-0.25, -0.2) is 9.80 Å². The van der Waals surface area contributed by atoms with E-state index in [9.17, 15) is 14.4 Å². The average Bonchev–Trinajstić information content (AvgIpc) is 3.32. The summed E-state index contributed by atoms with van der Waals surface area (Å²) in [5, 5.41) is 16.2. The van der Waals surface area contributed by atoms with Crippen LogP contribution in [0.2, 0.25) is 5.02 Å². The van der Waals surface area contributed by atoms with E-state index in [1.54, 1.807) is 24.3 Å². The van der Waals surface area contributed by atoms with Gasteiger partial charge in [0, 0.05) is 44.5 Å². The molecular weight excluding hydrogens is 558 g/mol. The monoisotopic (exact) mass is 575 g/mol. The van der Waals surface area contributed by atoms with E-state index in [0.29, 0.717) is 27.4 Å². The Balaban J connectivity index is 1.71. The van der Waals surface area contributed by atoms with Crippen molar-refractivity contribution in [2.75, 3.05) is 0 Å². The van der Waals surface area contributed by atoms with Gasteiger partial charge in [-0.2, -0.15) is 5.10 Å². The van der Waals surface area contributed by atoms with Crippen molar-refractivity contribution in [2.45, 2.75) is 12.5 Å². The van der Waals surface area contributed by atoms with Gasteiger partial charge in [0.15, 0.2) is 0 Å². The number of hydrazone groups is 1. The average molecular weight is 577 g/mol. The third-order valence-corrected chi connectivity index (χ3v) is 6.88. The summed E-state index contributed by atoms with van der Waals surface area (Å²) in [6, 6.07) is 21.6. The first-order valence-electron chi connectivity index (χ1n) is 11.3. The highest BCUT2D eigenvalue weighted by Crippen LogP contribution is 2.37. The first kappa shape index (κ1) is 24.7. The maximum Gasteiger partial charge on any atom is 0.328 e. The van der Waals surface area contributed by atoms with Gasteiger partial charge >= 0.3 is 5.97 Å². The minimum atomic E-state index is -1.25. The van der Waals surface area contributed by atoms with Crippen molar-refractivity contribution < 1.29 is 14.7 Å². The molecule has 0 unspecified atom stereocenters. The maximum absolute atomic E-state index is 13.5. The lowest BCUT2D eigenvalue weighted by atomic mass is 9.91. The van der Waals surface area contributed by atoms with Crippen molar-refractivity contribution in [3.05, 3.63) is 116 Å². The molecule has 2 N–H and O–H groups in total. The van der Waals surface area contributed by atoms with Crippen LogP contribution >= 0.6 is 27.5 Å². The summed E-state index contributed by atoms with van der Waals surface area (Å²) in [4.78, 5) is 40.5. The van der Waals surface area contributed by atoms with Crippen molar-refractivity contribution in [1.82, 2.24) is 9.99 Å². The number of H-pyrrole nitrogens is 1. The fraction of sp³-hybridized carbons (Fsp3) is 0.0714. The summed E-state index contributed by atoms with van der Waals surface area (Å²) in [5.74, 6) is -1.86. The number of nitrogens with one attached hydrogen (secondary N) is 1. The van der Waals surface area contributed by atoms with E-state index >= 15 is 0 Å². The Labute approximate surface area is 224 Å². The summed E-state index contributed by atoms with van der Waals surface area (Å²) in [6.07, 6.45) is 1.97. The number of pyridine rings is 1. The van der Waals surface area contributed by atoms with Crippen LogP contribution in [-0.4, -0.2) is 32.7 Å². The number of aliphatic carboxylic acids is 1. The maximum atomic E-state index is 13.5. The van der Waals surface area contributed by atoms with Gasteiger partial charge in [0.1, 0.15) is 0 Å². The van der Waals surface area contributed by atoms with Crippen LogP contribution in [-0.2, 0) is 9.59 Å². The minimum Gasteiger partial charge on any atom is -0.478 e. The number of carboxylic acid groups (broad SMARTS) is 1. The molecule has 4 aromatic rings. The zero-order valence-electron chi connectivity index (χ0n) is 19.2. The molecule has 1 aliphatic rings. The van der Waals surface area contributed by atoms with E-state index in [1.807, 2.05) is 48.5 Å². The van der Waals surface area contributed by atoms with Crippen molar-refractivity contribution in [2.24, 2.45) is 5.10 Å². The topological polar surface area (TPSA) is 103 Å². The molecule has 0 fully saturated rings. The Kier molecular flexibility index (Phi) is 6.78. The number of para-hydroxylation sites is 1. The van der Waals surface area contributed by atoms with Crippen LogP contribution in [0.5, 0.6) is 0 Å². The zero-order chi connectivity index (χ0) is 26.1. The predicted octanol–water partition coefficient (Wildman–Crippen LogP) is 5.93. The van der Waals surface area contributed by atoms with E-state index in [4.69, 9.17) is 16.7 Å². The SMILES string of the molecule is O=C(O)/C=C/C(=O)N1N=C(c2c(-c3ccc(Br)cc3)c3ccccc3[nH]c2=O)C[C@H]1c1ccc(Cl)cc1. The molecule has 184 valence electrons. The van der Waals surface area contributed by atoms with E-state index in [1.165, 1.54) is 5.01 Å². The molecule has 0 saturated heterocycles. The molecule has 0 bridgehead atoms. The highest BCUT2D eigenvalue weighted by molar-refractivity contribution is 9.10. The third kappa shape index (κ3) is 4.98. The number of nitrogens with zero attached hydrogens (tertiary/aromatic N) is 2. The number of hydrogen-bond acceptors (Lipinski definition) is 4. The normalized spacial score (nSPS) is 15.4. The molecule has 1 atom stereocenters. The lowest BCUT2D eigenvalue weighted by molar-refractivity contribution is -0.132. The molecule has 0 radical (unpaired) electrons. The van der Waals surface area contributed by atoms with Crippen molar-refractivity contribution in [1.29, 1.82) is 0 Å². The van der Waals surface area contributed by atoms with Gasteiger partial charge in [-0.3, -0.25) is 9.59 Å². The van der Waals surface area contributed by atoms with Gasteiger partial charge in [-0.1, -0.05) is 70.0 Å². The van der Waals surface area contributed by atoms with Crippen molar-refractivity contribution in [3.63, 3.8) is 0 Å². The molecule has 1 aromatic heterocycles. The Hall–Kier alpha value is -4.01. The zero-order valence-corrected chi connectivity index (χ0v) is 21.5. The first-order valence-corrected chi connectivity index (χ1v) is 12.5. The van der Waals surface area contributed by atoms with Gasteiger partial charge < -0.3 is 10.1 Å². The number of rotatable bonds is 5. The largest absolute Gasteiger partial charge is 0.478 e. The number of carboxylic acids is 1. The second-order valence-corrected chi connectivity index (χ2v) is 9.78. The van der Waals surface area contributed by atoms with Gasteiger partial charge in [0.2, 0.25) is 0 Å². The second kappa shape index (κ2) is 10.2. The summed E-state index contributed by atoms with van der Waals surface area (Å²) in [6.45, 7) is 0. The van der Waals surface area contributed by atoms with Crippen LogP contribution in [0.4, 0.5) is 0 Å². The van der Waals surface area contributed by atoms with Crippen LogP contribution < -0.4 is 5.56 Å². The van der Waals surface area contributed by atoms with Crippen LogP contribution in [0.15, 0.2) is 99.3 Å². The molecule has 0 saturated carbocycles. The number of aromatic amines is 1. The van der Waals surface area contributed by atoms with E-state index in [2.05, 4.69) is 26.0 Å². The van der Waals surface area contributed by atoms with E-state index in [-0.39, 0.29) is 12.0 Å². The van der Waals surface area contributed by atoms with Crippen LogP contribution in [0.1, 0.15) is 23.6 Å². The molecule has 0 aliphatic carbocycles. The number of hydrogen-bond donors (Lipinski definition) is 2. The Morgan fingerprint density at radius 2 is 1.70 bits per heavy atom. The molecule has 9 heteroatoms. The first-order chi connectivity index (χ1) is 17.8. The molecule has 37 heavy (non-hydrogen) atoms. The fourth-order valence-corrected chi connectivity index (χ4v) is 4.85. The van der Waals surface area contributed by atoms with Gasteiger partial charge in [0.25, 0.3) is 11.5 Å². The quantitative estimate of drug-likeness (QED) is 0.288. The van der Waals surface area contributed by atoms with Gasteiger partial charge in [0.05, 0.1) is 17.3 Å². The molecule has 5 rings (SSSR count). The van der Waals surface area contributed by atoms with E-state index < -0.39 is 17.9 Å². The highest BCUT2D eigenvalue weighted by Gasteiger charge is 2.34. The molecule has 1 aliphatic heterocycles. The molecular formula is C28H19BrClN3O4. The minimum absolute atomic E-state index is 0.249. The van der Waals surface area contributed by atoms with Crippen LogP contribution in [0.3, 0.4) is 0 Å². The Bertz CT molecular complexity index is 1640. The number of fused-ring (bicyclic) bond motifs is 1. The van der Waals surface area contributed by atoms with Crippen LogP contribution in [0, 0.1) is 0 Å². The predicted molar refractivity (Wildman–Crippen MR) is 147 cm³/mol. The molecule has 7 nitrogen and oxygen atoms in total. The van der Waals surface area contributed by atoms with E-state index in [0.717, 1.165) is 33.1 Å². The number of carbonyl (C=O) groups excluding carboxylic acids is 1.